The van der Waals surface area contributed by atoms with Gasteiger partial charge in [0.15, 0.2) is 0 Å². The second-order valence-electron chi connectivity index (χ2n) is 7.22. The summed E-state index contributed by atoms with van der Waals surface area (Å²) in [6, 6.07) is 18.0. The number of halogens is 1. The summed E-state index contributed by atoms with van der Waals surface area (Å²) in [6.07, 6.45) is 4.22. The zero-order valence-corrected chi connectivity index (χ0v) is 15.5. The van der Waals surface area contributed by atoms with E-state index in [0.717, 1.165) is 30.4 Å². The standard InChI is InChI=1S/C21H19ClN4O/c22-17-10-8-15(9-11-17)19-12-18(14-4-2-1-3-5-14)25(20(27)16-6-7-16)21-23-13-24-26(19)21/h1-5,8-11,13,16,18-19H,6-7,12H2/t18-,19+/m1/s1. The first-order valence-electron chi connectivity index (χ1n) is 9.25. The van der Waals surface area contributed by atoms with Crippen LogP contribution >= 0.6 is 11.6 Å². The van der Waals surface area contributed by atoms with E-state index in [4.69, 9.17) is 11.6 Å². The van der Waals surface area contributed by atoms with Gasteiger partial charge in [0, 0.05) is 10.9 Å². The van der Waals surface area contributed by atoms with E-state index in [1.165, 1.54) is 0 Å². The van der Waals surface area contributed by atoms with Gasteiger partial charge in [-0.2, -0.15) is 10.1 Å². The highest BCUT2D eigenvalue weighted by molar-refractivity contribution is 6.30. The lowest BCUT2D eigenvalue weighted by atomic mass is 9.91. The Morgan fingerprint density at radius 1 is 0.963 bits per heavy atom. The number of hydrogen-bond donors (Lipinski definition) is 0. The van der Waals surface area contributed by atoms with E-state index >= 15 is 0 Å². The molecule has 6 heteroatoms. The van der Waals surface area contributed by atoms with Crippen molar-refractivity contribution in [1.82, 2.24) is 14.8 Å². The Kier molecular flexibility index (Phi) is 3.97. The van der Waals surface area contributed by atoms with Crippen LogP contribution in [0.5, 0.6) is 0 Å². The van der Waals surface area contributed by atoms with Crippen molar-refractivity contribution in [3.05, 3.63) is 77.1 Å². The van der Waals surface area contributed by atoms with Gasteiger partial charge in [-0.15, -0.1) is 0 Å². The summed E-state index contributed by atoms with van der Waals surface area (Å²) < 4.78 is 1.88. The predicted molar refractivity (Wildman–Crippen MR) is 104 cm³/mol. The molecule has 1 amide bonds. The minimum Gasteiger partial charge on any atom is -0.274 e. The van der Waals surface area contributed by atoms with Gasteiger partial charge in [0.1, 0.15) is 6.33 Å². The number of rotatable bonds is 3. The lowest BCUT2D eigenvalue weighted by Gasteiger charge is -2.39. The van der Waals surface area contributed by atoms with Gasteiger partial charge in [-0.25, -0.2) is 4.68 Å². The fourth-order valence-electron chi connectivity index (χ4n) is 3.89. The second kappa shape index (κ2) is 6.50. The van der Waals surface area contributed by atoms with Crippen LogP contribution in [0.1, 0.15) is 42.5 Å². The van der Waals surface area contributed by atoms with E-state index in [2.05, 4.69) is 22.2 Å². The maximum Gasteiger partial charge on any atom is 0.233 e. The molecule has 2 heterocycles. The van der Waals surface area contributed by atoms with Gasteiger partial charge in [0.25, 0.3) is 0 Å². The Labute approximate surface area is 162 Å². The lowest BCUT2D eigenvalue weighted by Crippen LogP contribution is -2.43. The molecule has 1 fully saturated rings. The Morgan fingerprint density at radius 2 is 1.67 bits per heavy atom. The Bertz CT molecular complexity index is 965. The fraction of sp³-hybridized carbons (Fsp3) is 0.286. The Hall–Kier alpha value is -2.66. The maximum absolute atomic E-state index is 13.1. The van der Waals surface area contributed by atoms with E-state index in [9.17, 15) is 4.79 Å². The number of nitrogens with zero attached hydrogens (tertiary/aromatic N) is 4. The second-order valence-corrected chi connectivity index (χ2v) is 7.65. The molecule has 1 aliphatic heterocycles. The summed E-state index contributed by atoms with van der Waals surface area (Å²) in [5.74, 6) is 0.910. The van der Waals surface area contributed by atoms with E-state index in [1.807, 2.05) is 52.0 Å². The van der Waals surface area contributed by atoms with Gasteiger partial charge >= 0.3 is 0 Å². The largest absolute Gasteiger partial charge is 0.274 e. The van der Waals surface area contributed by atoms with Crippen molar-refractivity contribution < 1.29 is 4.79 Å². The molecule has 1 saturated carbocycles. The number of hydrogen-bond acceptors (Lipinski definition) is 3. The first-order chi connectivity index (χ1) is 13.2. The molecular formula is C21H19ClN4O. The van der Waals surface area contributed by atoms with Crippen molar-refractivity contribution in [2.45, 2.75) is 31.3 Å². The van der Waals surface area contributed by atoms with E-state index < -0.39 is 0 Å². The molecule has 0 spiro atoms. The van der Waals surface area contributed by atoms with Crippen molar-refractivity contribution in [3.63, 3.8) is 0 Å². The quantitative estimate of drug-likeness (QED) is 0.678. The molecule has 3 aromatic rings. The number of benzene rings is 2. The normalized spacial score (nSPS) is 21.7. The van der Waals surface area contributed by atoms with Crippen LogP contribution in [-0.2, 0) is 4.79 Å². The van der Waals surface area contributed by atoms with Crippen molar-refractivity contribution in [2.75, 3.05) is 4.90 Å². The molecule has 1 aliphatic carbocycles. The molecule has 2 atom stereocenters. The van der Waals surface area contributed by atoms with Crippen molar-refractivity contribution >= 4 is 23.5 Å². The fourth-order valence-corrected chi connectivity index (χ4v) is 4.02. The summed E-state index contributed by atoms with van der Waals surface area (Å²) >= 11 is 6.07. The average molecular weight is 379 g/mol. The SMILES string of the molecule is O=C(C1CC1)N1c2ncnn2[C@H](c2ccc(Cl)cc2)C[C@@H]1c1ccccc1. The molecule has 136 valence electrons. The van der Waals surface area contributed by atoms with Crippen LogP contribution in [-0.4, -0.2) is 20.7 Å². The minimum atomic E-state index is -0.0586. The van der Waals surface area contributed by atoms with E-state index in [-0.39, 0.29) is 23.9 Å². The smallest absolute Gasteiger partial charge is 0.233 e. The number of carbonyl (C=O) groups is 1. The van der Waals surface area contributed by atoms with Crippen LogP contribution in [0.4, 0.5) is 5.95 Å². The van der Waals surface area contributed by atoms with Gasteiger partial charge < -0.3 is 0 Å². The molecule has 5 rings (SSSR count). The highest BCUT2D eigenvalue weighted by atomic mass is 35.5. The molecule has 27 heavy (non-hydrogen) atoms. The monoisotopic (exact) mass is 378 g/mol. The molecule has 2 aliphatic rings. The number of fused-ring (bicyclic) bond motifs is 1. The first kappa shape index (κ1) is 16.5. The average Bonchev–Trinajstić information content (AvgIpc) is 3.44. The summed E-state index contributed by atoms with van der Waals surface area (Å²) in [4.78, 5) is 19.5. The van der Waals surface area contributed by atoms with Gasteiger partial charge in [-0.05, 0) is 42.5 Å². The van der Waals surface area contributed by atoms with Gasteiger partial charge in [-0.1, -0.05) is 54.1 Å². The Morgan fingerprint density at radius 3 is 2.37 bits per heavy atom. The van der Waals surface area contributed by atoms with Gasteiger partial charge in [-0.3, -0.25) is 9.69 Å². The van der Waals surface area contributed by atoms with Crippen molar-refractivity contribution in [2.24, 2.45) is 5.92 Å². The van der Waals surface area contributed by atoms with Gasteiger partial charge in [0.2, 0.25) is 11.9 Å². The van der Waals surface area contributed by atoms with E-state index in [1.54, 1.807) is 6.33 Å². The van der Waals surface area contributed by atoms with Crippen molar-refractivity contribution in [3.8, 4) is 0 Å². The topological polar surface area (TPSA) is 51.0 Å². The zero-order chi connectivity index (χ0) is 18.4. The molecule has 0 unspecified atom stereocenters. The predicted octanol–water partition coefficient (Wildman–Crippen LogP) is 4.41. The molecule has 0 N–H and O–H groups in total. The van der Waals surface area contributed by atoms with Crippen molar-refractivity contribution in [1.29, 1.82) is 0 Å². The number of anilines is 1. The highest BCUT2D eigenvalue weighted by Crippen LogP contribution is 2.44. The van der Waals surface area contributed by atoms with Crippen LogP contribution in [0.25, 0.3) is 0 Å². The van der Waals surface area contributed by atoms with Crippen LogP contribution in [0.15, 0.2) is 60.9 Å². The third-order valence-corrected chi connectivity index (χ3v) is 5.68. The molecule has 5 nitrogen and oxygen atoms in total. The first-order valence-corrected chi connectivity index (χ1v) is 9.63. The summed E-state index contributed by atoms with van der Waals surface area (Å²) in [5.41, 5.74) is 2.24. The van der Waals surface area contributed by atoms with Gasteiger partial charge in [0.05, 0.1) is 12.1 Å². The van der Waals surface area contributed by atoms with E-state index in [0.29, 0.717) is 11.0 Å². The maximum atomic E-state index is 13.1. The summed E-state index contributed by atoms with van der Waals surface area (Å²) in [6.45, 7) is 0. The van der Waals surface area contributed by atoms with Crippen LogP contribution < -0.4 is 4.90 Å². The third-order valence-electron chi connectivity index (χ3n) is 5.43. The minimum absolute atomic E-state index is 0.00762. The molecule has 0 radical (unpaired) electrons. The molecule has 0 bridgehead atoms. The summed E-state index contributed by atoms with van der Waals surface area (Å²) in [7, 11) is 0. The summed E-state index contributed by atoms with van der Waals surface area (Å²) in [5, 5.41) is 5.16. The van der Waals surface area contributed by atoms with Crippen LogP contribution in [0.3, 0.4) is 0 Å². The highest BCUT2D eigenvalue weighted by Gasteiger charge is 2.44. The zero-order valence-electron chi connectivity index (χ0n) is 14.7. The molecule has 0 saturated heterocycles. The molecular weight excluding hydrogens is 360 g/mol. The van der Waals surface area contributed by atoms with Crippen LogP contribution in [0, 0.1) is 5.92 Å². The number of carbonyl (C=O) groups excluding carboxylic acids is 1. The number of aromatic nitrogens is 3. The Balaban J connectivity index is 1.62. The molecule has 2 aromatic carbocycles. The third kappa shape index (κ3) is 2.92. The molecule has 1 aromatic heterocycles. The number of amides is 1. The lowest BCUT2D eigenvalue weighted by molar-refractivity contribution is -0.120. The van der Waals surface area contributed by atoms with Crippen LogP contribution in [0.2, 0.25) is 5.02 Å².